The summed E-state index contributed by atoms with van der Waals surface area (Å²) in [6, 6.07) is 18.5. The maximum atomic E-state index is 13.0. The molecule has 0 atom stereocenters. The standard InChI is InChI=1S/C22H17BrClNO5S/c1-25(19-9-4-8-18(24)13-19)31(28,29)20-10-3-6-16(12-20)22(27)30-14-21(26)15-5-2-7-17(23)11-15/h2-13H,14H2,1H3. The fourth-order valence-electron chi connectivity index (χ4n) is 2.71. The molecule has 3 aromatic rings. The number of rotatable bonds is 7. The van der Waals surface area contributed by atoms with E-state index in [4.69, 9.17) is 16.3 Å². The van der Waals surface area contributed by atoms with Crippen molar-refractivity contribution in [1.29, 1.82) is 0 Å². The van der Waals surface area contributed by atoms with Gasteiger partial charge in [-0.2, -0.15) is 0 Å². The first kappa shape index (κ1) is 23.0. The average Bonchev–Trinajstić information content (AvgIpc) is 2.76. The summed E-state index contributed by atoms with van der Waals surface area (Å²) in [7, 11) is -2.56. The van der Waals surface area contributed by atoms with Crippen LogP contribution in [-0.2, 0) is 14.8 Å². The van der Waals surface area contributed by atoms with Gasteiger partial charge in [-0.25, -0.2) is 13.2 Å². The van der Waals surface area contributed by atoms with Gasteiger partial charge in [0.15, 0.2) is 12.4 Å². The van der Waals surface area contributed by atoms with Gasteiger partial charge in [-0.1, -0.05) is 51.8 Å². The fraction of sp³-hybridized carbons (Fsp3) is 0.0909. The number of esters is 1. The molecule has 3 rings (SSSR count). The van der Waals surface area contributed by atoms with E-state index in [9.17, 15) is 18.0 Å². The van der Waals surface area contributed by atoms with Crippen LogP contribution < -0.4 is 4.31 Å². The molecule has 0 unspecified atom stereocenters. The zero-order valence-corrected chi connectivity index (χ0v) is 19.4. The first-order valence-corrected chi connectivity index (χ1v) is 11.6. The van der Waals surface area contributed by atoms with Crippen LogP contribution in [0.15, 0.2) is 82.2 Å². The molecular weight excluding hydrogens is 506 g/mol. The minimum Gasteiger partial charge on any atom is -0.454 e. The van der Waals surface area contributed by atoms with Gasteiger partial charge in [-0.3, -0.25) is 9.10 Å². The molecule has 3 aromatic carbocycles. The summed E-state index contributed by atoms with van der Waals surface area (Å²) in [6.45, 7) is -0.464. The maximum absolute atomic E-state index is 13.0. The SMILES string of the molecule is CN(c1cccc(Cl)c1)S(=O)(=O)c1cccc(C(=O)OCC(=O)c2cccc(Br)c2)c1. The van der Waals surface area contributed by atoms with E-state index < -0.39 is 22.6 Å². The number of nitrogens with zero attached hydrogens (tertiary/aromatic N) is 1. The third-order valence-corrected chi connectivity index (χ3v) is 6.89. The first-order valence-electron chi connectivity index (χ1n) is 8.99. The van der Waals surface area contributed by atoms with Crippen LogP contribution in [-0.4, -0.2) is 33.8 Å². The Balaban J connectivity index is 1.76. The molecule has 160 valence electrons. The molecule has 0 radical (unpaired) electrons. The van der Waals surface area contributed by atoms with Crippen LogP contribution >= 0.6 is 27.5 Å². The van der Waals surface area contributed by atoms with Crippen LogP contribution in [0.2, 0.25) is 5.02 Å². The number of ketones is 1. The van der Waals surface area contributed by atoms with E-state index in [1.54, 1.807) is 42.5 Å². The zero-order chi connectivity index (χ0) is 22.6. The number of anilines is 1. The van der Waals surface area contributed by atoms with E-state index in [2.05, 4.69) is 15.9 Å². The molecule has 0 aliphatic carbocycles. The molecule has 6 nitrogen and oxygen atoms in total. The Morgan fingerprint density at radius 3 is 2.35 bits per heavy atom. The summed E-state index contributed by atoms with van der Waals surface area (Å²) >= 11 is 9.23. The predicted molar refractivity (Wildman–Crippen MR) is 122 cm³/mol. The van der Waals surface area contributed by atoms with Crippen molar-refractivity contribution in [3.8, 4) is 0 Å². The number of hydrogen-bond acceptors (Lipinski definition) is 5. The highest BCUT2D eigenvalue weighted by Gasteiger charge is 2.23. The molecule has 0 N–H and O–H groups in total. The second kappa shape index (κ2) is 9.64. The Kier molecular flexibility index (Phi) is 7.15. The van der Waals surface area contributed by atoms with Crippen molar-refractivity contribution in [3.63, 3.8) is 0 Å². The quantitative estimate of drug-likeness (QED) is 0.323. The Morgan fingerprint density at radius 2 is 1.65 bits per heavy atom. The summed E-state index contributed by atoms with van der Waals surface area (Å²) < 4.78 is 32.8. The van der Waals surface area contributed by atoms with Crippen LogP contribution in [0.25, 0.3) is 0 Å². The molecular formula is C22H17BrClNO5S. The first-order chi connectivity index (χ1) is 14.7. The van der Waals surface area contributed by atoms with Gasteiger partial charge in [-0.15, -0.1) is 0 Å². The number of Topliss-reactive ketones (excluding diaryl/α,β-unsaturated/α-hetero) is 1. The van der Waals surface area contributed by atoms with Crippen molar-refractivity contribution in [2.75, 3.05) is 18.0 Å². The van der Waals surface area contributed by atoms with E-state index in [1.807, 2.05) is 0 Å². The van der Waals surface area contributed by atoms with Crippen LogP contribution in [0, 0.1) is 0 Å². The summed E-state index contributed by atoms with van der Waals surface area (Å²) in [6.07, 6.45) is 0. The largest absolute Gasteiger partial charge is 0.454 e. The molecule has 0 spiro atoms. The second-order valence-corrected chi connectivity index (χ2v) is 9.81. The Hall–Kier alpha value is -2.68. The number of carbonyl (C=O) groups excluding carboxylic acids is 2. The van der Waals surface area contributed by atoms with Gasteiger partial charge >= 0.3 is 5.97 Å². The third-order valence-electron chi connectivity index (χ3n) is 4.38. The summed E-state index contributed by atoms with van der Waals surface area (Å²) in [5.74, 6) is -1.18. The lowest BCUT2D eigenvalue weighted by Crippen LogP contribution is -2.26. The molecule has 0 aromatic heterocycles. The second-order valence-electron chi connectivity index (χ2n) is 6.49. The number of benzene rings is 3. The summed E-state index contributed by atoms with van der Waals surface area (Å²) in [5.41, 5.74) is 0.782. The monoisotopic (exact) mass is 521 g/mol. The van der Waals surface area contributed by atoms with Crippen LogP contribution in [0.3, 0.4) is 0 Å². The molecule has 0 bridgehead atoms. The lowest BCUT2D eigenvalue weighted by Gasteiger charge is -2.20. The van der Waals surface area contributed by atoms with Crippen molar-refractivity contribution in [2.45, 2.75) is 4.90 Å². The Labute approximate surface area is 193 Å². The van der Waals surface area contributed by atoms with E-state index in [-0.39, 0.29) is 16.2 Å². The lowest BCUT2D eigenvalue weighted by atomic mass is 10.1. The normalized spacial score (nSPS) is 11.1. The van der Waals surface area contributed by atoms with Gasteiger partial charge in [-0.05, 0) is 48.5 Å². The number of ether oxygens (including phenoxy) is 1. The van der Waals surface area contributed by atoms with Crippen molar-refractivity contribution in [3.05, 3.63) is 93.4 Å². The van der Waals surface area contributed by atoms with Crippen LogP contribution in [0.5, 0.6) is 0 Å². The topological polar surface area (TPSA) is 80.8 Å². The van der Waals surface area contributed by atoms with Crippen LogP contribution in [0.4, 0.5) is 5.69 Å². The molecule has 0 aliphatic heterocycles. The van der Waals surface area contributed by atoms with Gasteiger partial charge < -0.3 is 4.74 Å². The van der Waals surface area contributed by atoms with E-state index in [0.29, 0.717) is 16.3 Å². The van der Waals surface area contributed by atoms with Crippen molar-refractivity contribution in [2.24, 2.45) is 0 Å². The summed E-state index contributed by atoms with van der Waals surface area (Å²) in [5, 5.41) is 0.395. The van der Waals surface area contributed by atoms with Crippen LogP contribution in [0.1, 0.15) is 20.7 Å². The highest BCUT2D eigenvalue weighted by Crippen LogP contribution is 2.25. The minimum atomic E-state index is -3.95. The van der Waals surface area contributed by atoms with Gasteiger partial charge in [0.05, 0.1) is 16.1 Å². The van der Waals surface area contributed by atoms with E-state index in [1.165, 1.54) is 37.4 Å². The molecule has 0 aliphatic rings. The van der Waals surface area contributed by atoms with Crippen molar-refractivity contribution < 1.29 is 22.7 Å². The molecule has 31 heavy (non-hydrogen) atoms. The number of carbonyl (C=O) groups is 2. The number of sulfonamides is 1. The molecule has 9 heteroatoms. The minimum absolute atomic E-state index is 0.0163. The fourth-order valence-corrected chi connectivity index (χ4v) is 4.53. The predicted octanol–water partition coefficient (Wildman–Crippen LogP) is 4.97. The highest BCUT2D eigenvalue weighted by molar-refractivity contribution is 9.10. The molecule has 0 saturated carbocycles. The van der Waals surface area contributed by atoms with Gasteiger partial charge in [0.2, 0.25) is 0 Å². The smallest absolute Gasteiger partial charge is 0.338 e. The number of hydrogen-bond donors (Lipinski definition) is 0. The Morgan fingerprint density at radius 1 is 0.968 bits per heavy atom. The Bertz CT molecular complexity index is 1250. The molecule has 0 amide bonds. The van der Waals surface area contributed by atoms with Crippen molar-refractivity contribution in [1.82, 2.24) is 0 Å². The number of halogens is 2. The van der Waals surface area contributed by atoms with Gasteiger partial charge in [0.1, 0.15) is 0 Å². The average molecular weight is 523 g/mol. The maximum Gasteiger partial charge on any atom is 0.338 e. The zero-order valence-electron chi connectivity index (χ0n) is 16.3. The molecule has 0 saturated heterocycles. The highest BCUT2D eigenvalue weighted by atomic mass is 79.9. The third kappa shape index (κ3) is 5.52. The van der Waals surface area contributed by atoms with Crippen molar-refractivity contribution >= 4 is 55.0 Å². The lowest BCUT2D eigenvalue weighted by molar-refractivity contribution is 0.0474. The van der Waals surface area contributed by atoms with E-state index in [0.717, 1.165) is 8.78 Å². The van der Waals surface area contributed by atoms with Gasteiger partial charge in [0, 0.05) is 22.1 Å². The molecule has 0 heterocycles. The molecule has 0 fully saturated rings. The van der Waals surface area contributed by atoms with Gasteiger partial charge in [0.25, 0.3) is 10.0 Å². The summed E-state index contributed by atoms with van der Waals surface area (Å²) in [4.78, 5) is 24.5. The van der Waals surface area contributed by atoms with E-state index >= 15 is 0 Å².